The van der Waals surface area contributed by atoms with Gasteiger partial charge in [0, 0.05) is 12.6 Å². The summed E-state index contributed by atoms with van der Waals surface area (Å²) < 4.78 is 33.1. The predicted octanol–water partition coefficient (Wildman–Crippen LogP) is 3.52. The molecule has 2 atom stereocenters. The second-order valence-corrected chi connectivity index (χ2v) is 9.69. The van der Waals surface area contributed by atoms with Crippen molar-refractivity contribution in [3.05, 3.63) is 29.8 Å². The van der Waals surface area contributed by atoms with Gasteiger partial charge in [-0.05, 0) is 52.7 Å². The highest BCUT2D eigenvalue weighted by atomic mass is 32.2. The van der Waals surface area contributed by atoms with Crippen LogP contribution in [0, 0.1) is 12.8 Å². The molecule has 0 spiro atoms. The minimum Gasteiger partial charge on any atom is -0.460 e. The highest BCUT2D eigenvalue weighted by molar-refractivity contribution is 7.89. The van der Waals surface area contributed by atoms with Crippen molar-refractivity contribution in [2.45, 2.75) is 70.4 Å². The van der Waals surface area contributed by atoms with Crippen molar-refractivity contribution in [2.75, 3.05) is 6.54 Å². The topological polar surface area (TPSA) is 63.7 Å². The molecule has 1 aromatic rings. The number of carbonyl (C=O) groups excluding carboxylic acids is 1. The fourth-order valence-electron chi connectivity index (χ4n) is 3.18. The summed E-state index contributed by atoms with van der Waals surface area (Å²) in [7, 11) is -3.61. The summed E-state index contributed by atoms with van der Waals surface area (Å²) in [6.45, 7) is 9.61. The Morgan fingerprint density at radius 2 is 1.84 bits per heavy atom. The zero-order chi connectivity index (χ0) is 18.8. The second kappa shape index (κ2) is 7.46. The van der Waals surface area contributed by atoms with E-state index >= 15 is 0 Å². The molecule has 6 heteroatoms. The minimum atomic E-state index is -3.61. The van der Waals surface area contributed by atoms with E-state index in [1.54, 1.807) is 24.3 Å². The third kappa shape index (κ3) is 4.82. The molecule has 2 rings (SSSR count). The number of hydrogen-bond donors (Lipinski definition) is 0. The summed E-state index contributed by atoms with van der Waals surface area (Å²) in [4.78, 5) is 12.7. The van der Waals surface area contributed by atoms with Crippen molar-refractivity contribution in [3.63, 3.8) is 0 Å². The van der Waals surface area contributed by atoms with Crippen LogP contribution in [0.4, 0.5) is 0 Å². The average Bonchev–Trinajstić information content (AvgIpc) is 2.91. The third-order valence-electron chi connectivity index (χ3n) is 4.35. The molecule has 1 fully saturated rings. The maximum absolute atomic E-state index is 13.1. The summed E-state index contributed by atoms with van der Waals surface area (Å²) in [6, 6.07) is 6.70. The molecule has 0 unspecified atom stereocenters. The fraction of sp³-hybridized carbons (Fsp3) is 0.632. The van der Waals surface area contributed by atoms with Gasteiger partial charge in [0.2, 0.25) is 10.0 Å². The van der Waals surface area contributed by atoms with Crippen LogP contribution in [0.5, 0.6) is 0 Å². The van der Waals surface area contributed by atoms with Gasteiger partial charge in [0.25, 0.3) is 0 Å². The molecule has 0 saturated carbocycles. The largest absolute Gasteiger partial charge is 0.460 e. The lowest BCUT2D eigenvalue weighted by Crippen LogP contribution is -2.36. The summed E-state index contributed by atoms with van der Waals surface area (Å²) in [5, 5.41) is 0. The van der Waals surface area contributed by atoms with E-state index in [0.29, 0.717) is 6.42 Å². The highest BCUT2D eigenvalue weighted by Gasteiger charge is 2.43. The van der Waals surface area contributed by atoms with E-state index in [-0.39, 0.29) is 23.5 Å². The van der Waals surface area contributed by atoms with Crippen molar-refractivity contribution in [3.8, 4) is 0 Å². The van der Waals surface area contributed by atoms with Crippen LogP contribution < -0.4 is 0 Å². The lowest BCUT2D eigenvalue weighted by atomic mass is 10.0. The van der Waals surface area contributed by atoms with E-state index in [9.17, 15) is 13.2 Å². The lowest BCUT2D eigenvalue weighted by molar-refractivity contribution is -0.159. The van der Waals surface area contributed by atoms with Crippen molar-refractivity contribution < 1.29 is 17.9 Å². The van der Waals surface area contributed by atoms with Gasteiger partial charge in [0.1, 0.15) is 5.60 Å². The molecule has 1 saturated heterocycles. The zero-order valence-corrected chi connectivity index (χ0v) is 16.6. The summed E-state index contributed by atoms with van der Waals surface area (Å²) >= 11 is 0. The second-order valence-electron chi connectivity index (χ2n) is 7.80. The van der Waals surface area contributed by atoms with Crippen LogP contribution >= 0.6 is 0 Å². The van der Waals surface area contributed by atoms with Crippen molar-refractivity contribution in [2.24, 2.45) is 5.92 Å². The van der Waals surface area contributed by atoms with Crippen molar-refractivity contribution in [1.29, 1.82) is 0 Å². The molecule has 1 aliphatic heterocycles. The first kappa shape index (κ1) is 19.9. The number of benzene rings is 1. The van der Waals surface area contributed by atoms with Crippen molar-refractivity contribution >= 4 is 16.0 Å². The fourth-order valence-corrected chi connectivity index (χ4v) is 4.89. The van der Waals surface area contributed by atoms with Gasteiger partial charge in [0.15, 0.2) is 0 Å². The molecule has 5 nitrogen and oxygen atoms in total. The van der Waals surface area contributed by atoms with Gasteiger partial charge in [-0.2, -0.15) is 4.31 Å². The highest BCUT2D eigenvalue weighted by Crippen LogP contribution is 2.33. The van der Waals surface area contributed by atoms with Crippen LogP contribution in [0.25, 0.3) is 0 Å². The Labute approximate surface area is 151 Å². The summed E-state index contributed by atoms with van der Waals surface area (Å²) in [5.74, 6) is -0.716. The van der Waals surface area contributed by atoms with Gasteiger partial charge in [-0.1, -0.05) is 31.0 Å². The van der Waals surface area contributed by atoms with E-state index in [0.717, 1.165) is 18.4 Å². The van der Waals surface area contributed by atoms with Crippen LogP contribution in [0.1, 0.15) is 52.5 Å². The number of carbonyl (C=O) groups is 1. The summed E-state index contributed by atoms with van der Waals surface area (Å²) in [5.41, 5.74) is 0.442. The van der Waals surface area contributed by atoms with Crippen LogP contribution in [0.15, 0.2) is 29.2 Å². The van der Waals surface area contributed by atoms with E-state index < -0.39 is 21.5 Å². The molecule has 0 amide bonds. The van der Waals surface area contributed by atoms with E-state index in [2.05, 4.69) is 0 Å². The summed E-state index contributed by atoms with van der Waals surface area (Å²) in [6.07, 6.45) is 2.13. The Morgan fingerprint density at radius 1 is 1.24 bits per heavy atom. The van der Waals surface area contributed by atoms with Gasteiger partial charge in [-0.25, -0.2) is 8.42 Å². The minimum absolute atomic E-state index is 0.158. The zero-order valence-electron chi connectivity index (χ0n) is 15.8. The molecule has 0 aromatic heterocycles. The standard InChI is InChI=1S/C19H29NO4S/c1-6-7-16-12-15(18(21)24-19(3,4)5)13-20(16)25(22,23)17-10-8-14(2)9-11-17/h8-11,15-16H,6-7,12-13H2,1-5H3/t15-,16+/m0/s1. The molecule has 0 aliphatic carbocycles. The smallest absolute Gasteiger partial charge is 0.310 e. The van der Waals surface area contributed by atoms with Crippen LogP contribution in [-0.2, 0) is 19.6 Å². The quantitative estimate of drug-likeness (QED) is 0.747. The van der Waals surface area contributed by atoms with E-state index in [1.807, 2.05) is 34.6 Å². The Kier molecular flexibility index (Phi) is 5.94. The average molecular weight is 368 g/mol. The molecular formula is C19H29NO4S. The number of sulfonamides is 1. The third-order valence-corrected chi connectivity index (χ3v) is 6.29. The number of ether oxygens (including phenoxy) is 1. The maximum Gasteiger partial charge on any atom is 0.310 e. The van der Waals surface area contributed by atoms with E-state index in [1.165, 1.54) is 4.31 Å². The number of nitrogens with zero attached hydrogens (tertiary/aromatic N) is 1. The molecular weight excluding hydrogens is 338 g/mol. The van der Waals surface area contributed by atoms with Crippen LogP contribution in [-0.4, -0.2) is 36.9 Å². The molecule has 1 heterocycles. The first-order valence-electron chi connectivity index (χ1n) is 8.86. The molecule has 1 aromatic carbocycles. The van der Waals surface area contributed by atoms with Gasteiger partial charge in [-0.15, -0.1) is 0 Å². The Hall–Kier alpha value is -1.40. The number of esters is 1. The first-order valence-corrected chi connectivity index (χ1v) is 10.3. The van der Waals surface area contributed by atoms with Crippen molar-refractivity contribution in [1.82, 2.24) is 4.31 Å². The number of rotatable bonds is 5. The maximum atomic E-state index is 13.1. The molecule has 1 aliphatic rings. The lowest BCUT2D eigenvalue weighted by Gasteiger charge is -2.24. The van der Waals surface area contributed by atoms with Gasteiger partial charge in [-0.3, -0.25) is 4.79 Å². The van der Waals surface area contributed by atoms with Gasteiger partial charge >= 0.3 is 5.97 Å². The molecule has 25 heavy (non-hydrogen) atoms. The monoisotopic (exact) mass is 367 g/mol. The molecule has 0 bridgehead atoms. The number of aryl methyl sites for hydroxylation is 1. The van der Waals surface area contributed by atoms with Crippen LogP contribution in [0.3, 0.4) is 0 Å². The normalized spacial score (nSPS) is 22.1. The van der Waals surface area contributed by atoms with Gasteiger partial charge in [0.05, 0.1) is 10.8 Å². The Bertz CT molecular complexity index is 704. The SMILES string of the molecule is CCC[C@@H]1C[C@H](C(=O)OC(C)(C)C)CN1S(=O)(=O)c1ccc(C)cc1. The van der Waals surface area contributed by atoms with Gasteiger partial charge < -0.3 is 4.74 Å². The predicted molar refractivity (Wildman–Crippen MR) is 97.7 cm³/mol. The molecule has 0 radical (unpaired) electrons. The first-order chi connectivity index (χ1) is 11.5. The molecule has 140 valence electrons. The number of hydrogen-bond acceptors (Lipinski definition) is 4. The Morgan fingerprint density at radius 3 is 2.36 bits per heavy atom. The van der Waals surface area contributed by atoms with Crippen LogP contribution in [0.2, 0.25) is 0 Å². The van der Waals surface area contributed by atoms with E-state index in [4.69, 9.17) is 4.74 Å². The molecule has 0 N–H and O–H groups in total. The Balaban J connectivity index is 2.25.